The van der Waals surface area contributed by atoms with Gasteiger partial charge in [0, 0.05) is 30.9 Å². The summed E-state index contributed by atoms with van der Waals surface area (Å²) >= 11 is 4.11. The number of ether oxygens (including phenoxy) is 3. The normalized spacial score (nSPS) is 22.4. The molecule has 0 aliphatic carbocycles. The van der Waals surface area contributed by atoms with Gasteiger partial charge in [-0.2, -0.15) is 17.7 Å². The third-order valence-electron chi connectivity index (χ3n) is 6.31. The first-order valence-electron chi connectivity index (χ1n) is 13.8. The fraction of sp³-hybridized carbons (Fsp3) is 0.519. The third-order valence-corrected chi connectivity index (χ3v) is 8.31. The highest BCUT2D eigenvalue weighted by molar-refractivity contribution is 7.80. The molecule has 1 aliphatic heterocycles. The maximum atomic E-state index is 14.0. The van der Waals surface area contributed by atoms with Crippen LogP contribution < -0.4 is 26.2 Å². The summed E-state index contributed by atoms with van der Waals surface area (Å²) in [6.45, 7) is 7.11. The number of amides is 1. The highest BCUT2D eigenvalue weighted by atomic mass is 32.1. The van der Waals surface area contributed by atoms with Crippen molar-refractivity contribution in [3.8, 4) is 5.75 Å². The van der Waals surface area contributed by atoms with Crippen molar-refractivity contribution in [2.24, 2.45) is 5.92 Å². The quantitative estimate of drug-likeness (QED) is 0.130. The SMILES string of the molecule is CC(=O)N[C@@H](CS)C(=O)O[C@@H]1C(CO[P@@](=O)(N[C@@H](C)C(=O)OC(C)C)Oc2ccccc2)OC(n2ccc(=O)[nH]c2=O)C1C. The molecule has 242 valence electrons. The van der Waals surface area contributed by atoms with Crippen molar-refractivity contribution < 1.29 is 42.2 Å². The lowest BCUT2D eigenvalue weighted by Gasteiger charge is -2.27. The predicted molar refractivity (Wildman–Crippen MR) is 160 cm³/mol. The van der Waals surface area contributed by atoms with Crippen LogP contribution in [0.15, 0.2) is 52.2 Å². The molecule has 1 saturated heterocycles. The summed E-state index contributed by atoms with van der Waals surface area (Å²) in [7, 11) is -4.34. The van der Waals surface area contributed by atoms with E-state index in [9.17, 15) is 28.5 Å². The number of carbonyl (C=O) groups is 3. The number of benzene rings is 1. The van der Waals surface area contributed by atoms with E-state index >= 15 is 0 Å². The molecule has 1 amide bonds. The molecule has 1 aromatic carbocycles. The van der Waals surface area contributed by atoms with E-state index in [1.54, 1.807) is 39.0 Å². The number of nitrogens with zero attached hydrogens (tertiary/aromatic N) is 1. The van der Waals surface area contributed by atoms with E-state index in [0.717, 1.165) is 10.6 Å². The number of nitrogens with one attached hydrogen (secondary N) is 3. The number of aromatic nitrogens is 2. The molecule has 3 N–H and O–H groups in total. The van der Waals surface area contributed by atoms with Gasteiger partial charge in [-0.15, -0.1) is 0 Å². The fourth-order valence-corrected chi connectivity index (χ4v) is 6.03. The zero-order valence-electron chi connectivity index (χ0n) is 24.8. The van der Waals surface area contributed by atoms with Crippen molar-refractivity contribution in [1.82, 2.24) is 20.0 Å². The minimum Gasteiger partial charge on any atom is -0.462 e. The molecule has 1 aliphatic rings. The van der Waals surface area contributed by atoms with Gasteiger partial charge in [-0.25, -0.2) is 14.2 Å². The minimum atomic E-state index is -4.34. The molecule has 2 aromatic rings. The Hall–Kier alpha value is -3.43. The number of para-hydroxylation sites is 1. The summed E-state index contributed by atoms with van der Waals surface area (Å²) in [6.07, 6.45) is -2.49. The molecule has 3 unspecified atom stereocenters. The molecular formula is C27H37N4O11PS. The molecule has 3 rings (SSSR count). The molecule has 2 heterocycles. The Bertz CT molecular complexity index is 1470. The van der Waals surface area contributed by atoms with Gasteiger partial charge in [-0.1, -0.05) is 25.1 Å². The molecule has 15 nitrogen and oxygen atoms in total. The lowest BCUT2D eigenvalue weighted by atomic mass is 10.0. The molecule has 0 bridgehead atoms. The lowest BCUT2D eigenvalue weighted by molar-refractivity contribution is -0.157. The van der Waals surface area contributed by atoms with E-state index in [2.05, 4.69) is 28.0 Å². The van der Waals surface area contributed by atoms with Crippen LogP contribution in [-0.4, -0.2) is 70.2 Å². The summed E-state index contributed by atoms with van der Waals surface area (Å²) in [5.74, 6) is -2.63. The molecule has 0 spiro atoms. The standard InChI is InChI=1S/C27H37N4O11PS/c1-15(2)39-25(34)17(4)30-43(37,42-19-9-7-6-8-10-19)38-13-21-23(41-26(35)20(14-44)28-18(5)32)16(3)24(40-21)31-12-11-22(33)29-27(31)36/h6-12,15-17,20-21,23-24,44H,13-14H2,1-5H3,(H,28,32)(H,30,37)(H,29,33,36)/t16?,17-,20-,21?,23-,24?,43-/m0/s1. The second-order valence-corrected chi connectivity index (χ2v) is 12.4. The highest BCUT2D eigenvalue weighted by Crippen LogP contribution is 2.46. The van der Waals surface area contributed by atoms with Gasteiger partial charge in [-0.05, 0) is 32.9 Å². The average Bonchev–Trinajstić information content (AvgIpc) is 3.25. The van der Waals surface area contributed by atoms with Crippen LogP contribution in [0.1, 0.15) is 40.8 Å². The Morgan fingerprint density at radius 3 is 2.39 bits per heavy atom. The van der Waals surface area contributed by atoms with Crippen molar-refractivity contribution in [2.75, 3.05) is 12.4 Å². The molecule has 7 atom stereocenters. The summed E-state index contributed by atoms with van der Waals surface area (Å²) in [5.41, 5.74) is -1.40. The Morgan fingerprint density at radius 2 is 1.80 bits per heavy atom. The first-order chi connectivity index (χ1) is 20.7. The van der Waals surface area contributed by atoms with Gasteiger partial charge in [0.2, 0.25) is 5.91 Å². The number of hydrogen-bond donors (Lipinski definition) is 4. The predicted octanol–water partition coefficient (Wildman–Crippen LogP) is 1.55. The Morgan fingerprint density at radius 1 is 1.11 bits per heavy atom. The molecule has 17 heteroatoms. The Kier molecular flexibility index (Phi) is 12.4. The smallest absolute Gasteiger partial charge is 0.459 e. The summed E-state index contributed by atoms with van der Waals surface area (Å²) in [5, 5.41) is 5.01. The Balaban J connectivity index is 1.91. The maximum absolute atomic E-state index is 14.0. The van der Waals surface area contributed by atoms with E-state index < -0.39 is 86.0 Å². The van der Waals surface area contributed by atoms with E-state index in [0.29, 0.717) is 0 Å². The first kappa shape index (κ1) is 35.1. The number of thiol groups is 1. The van der Waals surface area contributed by atoms with E-state index in [4.69, 9.17) is 23.3 Å². The summed E-state index contributed by atoms with van der Waals surface area (Å²) < 4.78 is 43.5. The molecule has 44 heavy (non-hydrogen) atoms. The van der Waals surface area contributed by atoms with Gasteiger partial charge >= 0.3 is 25.4 Å². The van der Waals surface area contributed by atoms with E-state index in [-0.39, 0.29) is 11.5 Å². The van der Waals surface area contributed by atoms with Crippen LogP contribution in [0.5, 0.6) is 5.75 Å². The van der Waals surface area contributed by atoms with Gasteiger partial charge in [0.05, 0.1) is 12.7 Å². The monoisotopic (exact) mass is 656 g/mol. The number of aromatic amines is 1. The zero-order valence-corrected chi connectivity index (χ0v) is 26.6. The van der Waals surface area contributed by atoms with Gasteiger partial charge in [-0.3, -0.25) is 28.5 Å². The van der Waals surface area contributed by atoms with Gasteiger partial charge in [0.15, 0.2) is 0 Å². The topological polar surface area (TPSA) is 193 Å². The van der Waals surface area contributed by atoms with Crippen LogP contribution in [0.3, 0.4) is 0 Å². The van der Waals surface area contributed by atoms with Crippen molar-refractivity contribution in [1.29, 1.82) is 0 Å². The number of H-pyrrole nitrogens is 1. The average molecular weight is 657 g/mol. The summed E-state index contributed by atoms with van der Waals surface area (Å²) in [6, 6.07) is 6.99. The second-order valence-electron chi connectivity index (χ2n) is 10.3. The van der Waals surface area contributed by atoms with Gasteiger partial charge in [0.25, 0.3) is 5.56 Å². The van der Waals surface area contributed by atoms with Crippen molar-refractivity contribution in [3.05, 3.63) is 63.4 Å². The third kappa shape index (κ3) is 9.53. The lowest BCUT2D eigenvalue weighted by Crippen LogP contribution is -2.46. The van der Waals surface area contributed by atoms with Crippen molar-refractivity contribution >= 4 is 38.2 Å². The maximum Gasteiger partial charge on any atom is 0.459 e. The summed E-state index contributed by atoms with van der Waals surface area (Å²) in [4.78, 5) is 63.5. The highest BCUT2D eigenvalue weighted by Gasteiger charge is 2.48. The first-order valence-corrected chi connectivity index (χ1v) is 15.9. The van der Waals surface area contributed by atoms with Gasteiger partial charge in [0.1, 0.15) is 36.3 Å². The molecular weight excluding hydrogens is 619 g/mol. The number of rotatable bonds is 14. The van der Waals surface area contributed by atoms with Crippen LogP contribution in [0.2, 0.25) is 0 Å². The van der Waals surface area contributed by atoms with Gasteiger partial charge < -0.3 is 24.1 Å². The molecule has 0 saturated carbocycles. The van der Waals surface area contributed by atoms with Crippen LogP contribution in [0, 0.1) is 5.92 Å². The fourth-order valence-electron chi connectivity index (χ4n) is 4.29. The number of esters is 2. The van der Waals surface area contributed by atoms with E-state index in [1.807, 2.05) is 0 Å². The van der Waals surface area contributed by atoms with Crippen LogP contribution in [-0.2, 0) is 37.7 Å². The van der Waals surface area contributed by atoms with Crippen molar-refractivity contribution in [2.45, 2.75) is 71.2 Å². The van der Waals surface area contributed by atoms with Crippen LogP contribution >= 0.6 is 20.4 Å². The molecule has 1 fully saturated rings. The zero-order chi connectivity index (χ0) is 32.6. The van der Waals surface area contributed by atoms with Crippen LogP contribution in [0.25, 0.3) is 0 Å². The largest absolute Gasteiger partial charge is 0.462 e. The number of carbonyl (C=O) groups excluding carboxylic acids is 3. The molecule has 1 aromatic heterocycles. The second kappa shape index (κ2) is 15.5. The van der Waals surface area contributed by atoms with Crippen LogP contribution in [0.4, 0.5) is 0 Å². The Labute approximate surface area is 258 Å². The molecule has 0 radical (unpaired) electrons. The van der Waals surface area contributed by atoms with Crippen molar-refractivity contribution in [3.63, 3.8) is 0 Å². The number of hydrogen-bond acceptors (Lipinski definition) is 12. The van der Waals surface area contributed by atoms with E-state index in [1.165, 1.54) is 32.2 Å². The minimum absolute atomic E-state index is 0.0707.